The Bertz CT molecular complexity index is 297. The van der Waals surface area contributed by atoms with Crippen molar-refractivity contribution in [2.75, 3.05) is 24.6 Å². The highest BCUT2D eigenvalue weighted by Gasteiger charge is 2.23. The van der Waals surface area contributed by atoms with Gasteiger partial charge in [0.15, 0.2) is 0 Å². The summed E-state index contributed by atoms with van der Waals surface area (Å²) in [6, 6.07) is 0. The summed E-state index contributed by atoms with van der Waals surface area (Å²) in [6.07, 6.45) is 5.89. The quantitative estimate of drug-likeness (QED) is 0.769. The second kappa shape index (κ2) is 4.00. The molecule has 1 fully saturated rings. The van der Waals surface area contributed by atoms with Gasteiger partial charge in [0, 0.05) is 39.1 Å². The summed E-state index contributed by atoms with van der Waals surface area (Å²) >= 11 is 0. The van der Waals surface area contributed by atoms with Gasteiger partial charge >= 0.3 is 0 Å². The van der Waals surface area contributed by atoms with E-state index in [1.54, 1.807) is 0 Å². The fourth-order valence-electron chi connectivity index (χ4n) is 2.09. The molecule has 0 amide bonds. The second-order valence-electron chi connectivity index (χ2n) is 3.95. The maximum atomic E-state index is 8.86. The zero-order valence-corrected chi connectivity index (χ0v) is 8.56. The number of anilines is 1. The molecule has 14 heavy (non-hydrogen) atoms. The van der Waals surface area contributed by atoms with Crippen LogP contribution in [0.15, 0.2) is 12.4 Å². The molecular formula is C10H17N3O. The largest absolute Gasteiger partial charge is 0.396 e. The third-order valence-corrected chi connectivity index (χ3v) is 2.90. The van der Waals surface area contributed by atoms with Crippen LogP contribution in [0.3, 0.4) is 0 Å². The van der Waals surface area contributed by atoms with Gasteiger partial charge in [-0.1, -0.05) is 0 Å². The molecule has 1 aliphatic rings. The van der Waals surface area contributed by atoms with Gasteiger partial charge in [-0.25, -0.2) is 4.98 Å². The van der Waals surface area contributed by atoms with E-state index in [4.69, 9.17) is 5.11 Å². The Morgan fingerprint density at radius 1 is 1.64 bits per heavy atom. The highest BCUT2D eigenvalue weighted by Crippen LogP contribution is 2.23. The summed E-state index contributed by atoms with van der Waals surface area (Å²) in [5.41, 5.74) is 0. The zero-order chi connectivity index (χ0) is 9.97. The lowest BCUT2D eigenvalue weighted by molar-refractivity contribution is 0.263. The molecule has 2 heterocycles. The molecule has 1 unspecified atom stereocenters. The SMILES string of the molecule is Cn1ccnc1N1CCC(CCO)C1. The van der Waals surface area contributed by atoms with Crippen LogP contribution in [-0.2, 0) is 7.05 Å². The summed E-state index contributed by atoms with van der Waals surface area (Å²) < 4.78 is 2.04. The molecule has 2 rings (SSSR count). The number of hydrogen-bond acceptors (Lipinski definition) is 3. The van der Waals surface area contributed by atoms with Gasteiger partial charge in [-0.05, 0) is 18.8 Å². The van der Waals surface area contributed by atoms with Crippen LogP contribution in [0.1, 0.15) is 12.8 Å². The summed E-state index contributed by atoms with van der Waals surface area (Å²) in [5, 5.41) is 8.86. The van der Waals surface area contributed by atoms with Crippen LogP contribution in [0, 0.1) is 5.92 Å². The van der Waals surface area contributed by atoms with E-state index < -0.39 is 0 Å². The van der Waals surface area contributed by atoms with Gasteiger partial charge < -0.3 is 14.6 Å². The summed E-state index contributed by atoms with van der Waals surface area (Å²) in [4.78, 5) is 6.61. The molecule has 0 saturated carbocycles. The van der Waals surface area contributed by atoms with Crippen LogP contribution in [-0.4, -0.2) is 34.4 Å². The van der Waals surface area contributed by atoms with Gasteiger partial charge in [-0.15, -0.1) is 0 Å². The fourth-order valence-corrected chi connectivity index (χ4v) is 2.09. The highest BCUT2D eigenvalue weighted by molar-refractivity contribution is 5.32. The van der Waals surface area contributed by atoms with Crippen LogP contribution < -0.4 is 4.90 Å². The van der Waals surface area contributed by atoms with Gasteiger partial charge in [0.05, 0.1) is 0 Å². The van der Waals surface area contributed by atoms with Crippen molar-refractivity contribution >= 4 is 5.95 Å². The fraction of sp³-hybridized carbons (Fsp3) is 0.700. The van der Waals surface area contributed by atoms with Crippen LogP contribution >= 0.6 is 0 Å². The summed E-state index contributed by atoms with van der Waals surface area (Å²) in [7, 11) is 2.02. The molecule has 0 aliphatic carbocycles. The maximum Gasteiger partial charge on any atom is 0.205 e. The first-order valence-electron chi connectivity index (χ1n) is 5.14. The number of aromatic nitrogens is 2. The Balaban J connectivity index is 1.99. The number of nitrogens with zero attached hydrogens (tertiary/aromatic N) is 3. The van der Waals surface area contributed by atoms with Crippen molar-refractivity contribution in [1.29, 1.82) is 0 Å². The predicted molar refractivity (Wildman–Crippen MR) is 55.2 cm³/mol. The number of hydrogen-bond donors (Lipinski definition) is 1. The molecule has 1 saturated heterocycles. The van der Waals surface area contributed by atoms with E-state index in [9.17, 15) is 0 Å². The molecular weight excluding hydrogens is 178 g/mol. The molecule has 4 nitrogen and oxygen atoms in total. The van der Waals surface area contributed by atoms with Gasteiger partial charge in [0.2, 0.25) is 5.95 Å². The minimum absolute atomic E-state index is 0.305. The number of rotatable bonds is 3. The Kier molecular flexibility index (Phi) is 2.72. The minimum atomic E-state index is 0.305. The third-order valence-electron chi connectivity index (χ3n) is 2.90. The van der Waals surface area contributed by atoms with Crippen molar-refractivity contribution in [3.63, 3.8) is 0 Å². The predicted octanol–water partition coefficient (Wildman–Crippen LogP) is 0.629. The van der Waals surface area contributed by atoms with Gasteiger partial charge in [-0.3, -0.25) is 0 Å². The minimum Gasteiger partial charge on any atom is -0.396 e. The van der Waals surface area contributed by atoms with E-state index >= 15 is 0 Å². The third kappa shape index (κ3) is 1.75. The Labute approximate surface area is 84.2 Å². The van der Waals surface area contributed by atoms with E-state index in [0.29, 0.717) is 12.5 Å². The van der Waals surface area contributed by atoms with Crippen molar-refractivity contribution in [1.82, 2.24) is 9.55 Å². The number of aliphatic hydroxyl groups excluding tert-OH is 1. The first-order valence-corrected chi connectivity index (χ1v) is 5.14. The lowest BCUT2D eigenvalue weighted by atomic mass is 10.1. The molecule has 1 aromatic rings. The lowest BCUT2D eigenvalue weighted by Gasteiger charge is -2.17. The highest BCUT2D eigenvalue weighted by atomic mass is 16.3. The van der Waals surface area contributed by atoms with Gasteiger partial charge in [0.25, 0.3) is 0 Å². The van der Waals surface area contributed by atoms with Gasteiger partial charge in [0.1, 0.15) is 0 Å². The van der Waals surface area contributed by atoms with Crippen molar-refractivity contribution in [3.8, 4) is 0 Å². The standard InChI is InChI=1S/C10H17N3O/c1-12-6-4-11-10(12)13-5-2-9(8-13)3-7-14/h4,6,9,14H,2-3,5,7-8H2,1H3. The van der Waals surface area contributed by atoms with E-state index in [-0.39, 0.29) is 0 Å². The van der Waals surface area contributed by atoms with E-state index in [1.165, 1.54) is 6.42 Å². The van der Waals surface area contributed by atoms with Crippen LogP contribution in [0.25, 0.3) is 0 Å². The van der Waals surface area contributed by atoms with E-state index in [2.05, 4.69) is 9.88 Å². The number of aryl methyl sites for hydroxylation is 1. The molecule has 1 aliphatic heterocycles. The molecule has 78 valence electrons. The molecule has 0 spiro atoms. The van der Waals surface area contributed by atoms with Crippen molar-refractivity contribution < 1.29 is 5.11 Å². The van der Waals surface area contributed by atoms with E-state index in [1.807, 2.05) is 24.0 Å². The molecule has 1 atom stereocenters. The Morgan fingerprint density at radius 3 is 3.14 bits per heavy atom. The average Bonchev–Trinajstić information content (AvgIpc) is 2.74. The summed E-state index contributed by atoms with van der Waals surface area (Å²) in [6.45, 7) is 2.40. The topological polar surface area (TPSA) is 41.3 Å². The van der Waals surface area contributed by atoms with Crippen molar-refractivity contribution in [3.05, 3.63) is 12.4 Å². The Morgan fingerprint density at radius 2 is 2.50 bits per heavy atom. The van der Waals surface area contributed by atoms with Gasteiger partial charge in [-0.2, -0.15) is 0 Å². The number of aliphatic hydroxyl groups is 1. The zero-order valence-electron chi connectivity index (χ0n) is 8.56. The van der Waals surface area contributed by atoms with E-state index in [0.717, 1.165) is 25.5 Å². The monoisotopic (exact) mass is 195 g/mol. The molecule has 0 bridgehead atoms. The van der Waals surface area contributed by atoms with Crippen LogP contribution in [0.5, 0.6) is 0 Å². The first kappa shape index (κ1) is 9.52. The molecule has 4 heteroatoms. The molecule has 1 N–H and O–H groups in total. The van der Waals surface area contributed by atoms with Crippen LogP contribution in [0.2, 0.25) is 0 Å². The molecule has 0 aromatic carbocycles. The first-order chi connectivity index (χ1) is 6.81. The number of imidazole rings is 1. The lowest BCUT2D eigenvalue weighted by Crippen LogP contribution is -2.23. The normalized spacial score (nSPS) is 21.9. The summed E-state index contributed by atoms with van der Waals surface area (Å²) in [5.74, 6) is 1.68. The smallest absolute Gasteiger partial charge is 0.205 e. The Hall–Kier alpha value is -1.03. The second-order valence-corrected chi connectivity index (χ2v) is 3.95. The van der Waals surface area contributed by atoms with Crippen molar-refractivity contribution in [2.24, 2.45) is 13.0 Å². The van der Waals surface area contributed by atoms with Crippen molar-refractivity contribution in [2.45, 2.75) is 12.8 Å². The van der Waals surface area contributed by atoms with Crippen LogP contribution in [0.4, 0.5) is 5.95 Å². The average molecular weight is 195 g/mol. The molecule has 1 aromatic heterocycles. The molecule has 0 radical (unpaired) electrons. The maximum absolute atomic E-state index is 8.86.